The lowest BCUT2D eigenvalue weighted by molar-refractivity contribution is 0.0937. The third kappa shape index (κ3) is 4.58. The average Bonchev–Trinajstić information content (AvgIpc) is 2.98. The molecule has 0 bridgehead atoms. The van der Waals surface area contributed by atoms with E-state index in [-0.39, 0.29) is 11.8 Å². The van der Waals surface area contributed by atoms with Crippen molar-refractivity contribution in [1.29, 1.82) is 0 Å². The number of imidazole rings is 1. The summed E-state index contributed by atoms with van der Waals surface area (Å²) in [5.41, 5.74) is 1.35. The van der Waals surface area contributed by atoms with E-state index in [1.807, 2.05) is 4.57 Å². The lowest BCUT2D eigenvalue weighted by atomic mass is 10.1. The topological polar surface area (TPSA) is 76.0 Å². The first-order valence-corrected chi connectivity index (χ1v) is 9.34. The highest BCUT2D eigenvalue weighted by molar-refractivity contribution is 5.97. The lowest BCUT2D eigenvalue weighted by Crippen LogP contribution is -2.28. The standard InChI is InChI=1S/C18H30N4O2/c1-3-5-8-12-20-18(24)16-21-15(17(23)19-11-6-4-2)14-10-7-9-13-22(14)16/h3-13H2,1-2H3,(H,19,23)(H,20,24). The predicted octanol–water partition coefficient (Wildman–Crippen LogP) is 2.67. The molecule has 1 aromatic heterocycles. The van der Waals surface area contributed by atoms with Gasteiger partial charge in [-0.05, 0) is 32.1 Å². The summed E-state index contributed by atoms with van der Waals surface area (Å²) in [5.74, 6) is 0.0721. The van der Waals surface area contributed by atoms with E-state index in [4.69, 9.17) is 0 Å². The van der Waals surface area contributed by atoms with E-state index in [2.05, 4.69) is 29.5 Å². The fourth-order valence-electron chi connectivity index (χ4n) is 3.02. The van der Waals surface area contributed by atoms with Crippen LogP contribution in [0.15, 0.2) is 0 Å². The zero-order valence-electron chi connectivity index (χ0n) is 15.0. The van der Waals surface area contributed by atoms with Crippen molar-refractivity contribution >= 4 is 11.8 Å². The first-order valence-electron chi connectivity index (χ1n) is 9.34. The van der Waals surface area contributed by atoms with Gasteiger partial charge in [0.05, 0.1) is 5.69 Å². The molecule has 6 heteroatoms. The Balaban J connectivity index is 2.11. The average molecular weight is 334 g/mol. The zero-order chi connectivity index (χ0) is 17.4. The van der Waals surface area contributed by atoms with Gasteiger partial charge in [0.1, 0.15) is 5.69 Å². The zero-order valence-corrected chi connectivity index (χ0v) is 15.0. The highest BCUT2D eigenvalue weighted by Crippen LogP contribution is 2.21. The van der Waals surface area contributed by atoms with Crippen molar-refractivity contribution in [2.45, 2.75) is 71.8 Å². The van der Waals surface area contributed by atoms with Crippen molar-refractivity contribution in [3.63, 3.8) is 0 Å². The minimum Gasteiger partial charge on any atom is -0.351 e. The van der Waals surface area contributed by atoms with Crippen LogP contribution in [-0.4, -0.2) is 34.5 Å². The molecule has 24 heavy (non-hydrogen) atoms. The van der Waals surface area contributed by atoms with Gasteiger partial charge in [-0.2, -0.15) is 0 Å². The normalized spacial score (nSPS) is 13.4. The van der Waals surface area contributed by atoms with Gasteiger partial charge in [0, 0.05) is 19.6 Å². The minimum absolute atomic E-state index is 0.154. The van der Waals surface area contributed by atoms with Crippen LogP contribution in [0.5, 0.6) is 0 Å². The molecule has 1 aliphatic rings. The Morgan fingerprint density at radius 2 is 1.71 bits per heavy atom. The minimum atomic E-state index is -0.165. The first-order chi connectivity index (χ1) is 11.7. The molecule has 2 heterocycles. The molecule has 1 aromatic rings. The van der Waals surface area contributed by atoms with Gasteiger partial charge in [-0.3, -0.25) is 9.59 Å². The fraction of sp³-hybridized carbons (Fsp3) is 0.722. The van der Waals surface area contributed by atoms with Crippen molar-refractivity contribution in [3.05, 3.63) is 17.2 Å². The van der Waals surface area contributed by atoms with E-state index in [1.54, 1.807) is 0 Å². The van der Waals surface area contributed by atoms with E-state index < -0.39 is 0 Å². The van der Waals surface area contributed by atoms with E-state index in [1.165, 1.54) is 0 Å². The summed E-state index contributed by atoms with van der Waals surface area (Å²) < 4.78 is 1.94. The fourth-order valence-corrected chi connectivity index (χ4v) is 3.02. The van der Waals surface area contributed by atoms with Crippen LogP contribution in [0.4, 0.5) is 0 Å². The van der Waals surface area contributed by atoms with Crippen LogP contribution in [0, 0.1) is 0 Å². The molecule has 0 fully saturated rings. The van der Waals surface area contributed by atoms with E-state index >= 15 is 0 Å². The molecule has 0 spiro atoms. The van der Waals surface area contributed by atoms with Crippen LogP contribution in [0.2, 0.25) is 0 Å². The van der Waals surface area contributed by atoms with Gasteiger partial charge in [-0.1, -0.05) is 33.1 Å². The van der Waals surface area contributed by atoms with Gasteiger partial charge in [0.15, 0.2) is 5.82 Å². The summed E-state index contributed by atoms with van der Waals surface area (Å²) >= 11 is 0. The number of rotatable bonds is 9. The lowest BCUT2D eigenvalue weighted by Gasteiger charge is -2.17. The molecule has 0 saturated heterocycles. The molecule has 0 atom stereocenters. The number of amides is 2. The second-order valence-electron chi connectivity index (χ2n) is 6.41. The van der Waals surface area contributed by atoms with Crippen LogP contribution in [0.1, 0.15) is 85.6 Å². The molecule has 0 aromatic carbocycles. The Morgan fingerprint density at radius 3 is 2.46 bits per heavy atom. The number of hydrogen-bond donors (Lipinski definition) is 2. The maximum Gasteiger partial charge on any atom is 0.287 e. The van der Waals surface area contributed by atoms with E-state index in [0.717, 1.165) is 63.6 Å². The van der Waals surface area contributed by atoms with Gasteiger partial charge >= 0.3 is 0 Å². The molecular weight excluding hydrogens is 304 g/mol. The molecular formula is C18H30N4O2. The monoisotopic (exact) mass is 334 g/mol. The molecule has 0 radical (unpaired) electrons. The quantitative estimate of drug-likeness (QED) is 0.682. The number of nitrogens with one attached hydrogen (secondary N) is 2. The summed E-state index contributed by atoms with van der Waals surface area (Å²) in [6, 6.07) is 0. The van der Waals surface area contributed by atoms with Gasteiger partial charge in [0.25, 0.3) is 11.8 Å². The van der Waals surface area contributed by atoms with Crippen molar-refractivity contribution < 1.29 is 9.59 Å². The number of hydrogen-bond acceptors (Lipinski definition) is 3. The maximum atomic E-state index is 12.4. The molecule has 6 nitrogen and oxygen atoms in total. The Morgan fingerprint density at radius 1 is 1.00 bits per heavy atom. The van der Waals surface area contributed by atoms with E-state index in [9.17, 15) is 9.59 Å². The van der Waals surface area contributed by atoms with Gasteiger partial charge in [0.2, 0.25) is 0 Å². The molecule has 1 aliphatic heterocycles. The van der Waals surface area contributed by atoms with Gasteiger partial charge in [-0.25, -0.2) is 4.98 Å². The van der Waals surface area contributed by atoms with Crippen LogP contribution in [0.3, 0.4) is 0 Å². The van der Waals surface area contributed by atoms with Crippen molar-refractivity contribution in [3.8, 4) is 0 Å². The number of aromatic nitrogens is 2. The second kappa shape index (κ2) is 9.45. The molecule has 2 N–H and O–H groups in total. The van der Waals surface area contributed by atoms with Crippen LogP contribution in [-0.2, 0) is 13.0 Å². The molecule has 2 rings (SSSR count). The van der Waals surface area contributed by atoms with Gasteiger partial charge < -0.3 is 15.2 Å². The number of carbonyl (C=O) groups is 2. The molecule has 0 aliphatic carbocycles. The summed E-state index contributed by atoms with van der Waals surface area (Å²) in [6.45, 7) is 6.30. The Bertz CT molecular complexity index is 566. The van der Waals surface area contributed by atoms with Crippen molar-refractivity contribution in [1.82, 2.24) is 20.2 Å². The van der Waals surface area contributed by atoms with Crippen LogP contribution >= 0.6 is 0 Å². The van der Waals surface area contributed by atoms with Crippen LogP contribution in [0.25, 0.3) is 0 Å². The smallest absolute Gasteiger partial charge is 0.287 e. The molecule has 134 valence electrons. The largest absolute Gasteiger partial charge is 0.351 e. The Kier molecular flexibility index (Phi) is 7.28. The SMILES string of the molecule is CCCCCNC(=O)c1nc(C(=O)NCCCC)c2n1CCCC2. The highest BCUT2D eigenvalue weighted by atomic mass is 16.2. The number of unbranched alkanes of at least 4 members (excludes halogenated alkanes) is 3. The third-order valence-electron chi connectivity index (χ3n) is 4.42. The molecule has 0 saturated carbocycles. The molecule has 2 amide bonds. The summed E-state index contributed by atoms with van der Waals surface area (Å²) in [7, 11) is 0. The van der Waals surface area contributed by atoms with Crippen molar-refractivity contribution in [2.24, 2.45) is 0 Å². The van der Waals surface area contributed by atoms with Gasteiger partial charge in [-0.15, -0.1) is 0 Å². The number of carbonyl (C=O) groups excluding carboxylic acids is 2. The van der Waals surface area contributed by atoms with Crippen LogP contribution < -0.4 is 10.6 Å². The Labute approximate surface area is 144 Å². The van der Waals surface area contributed by atoms with Crippen molar-refractivity contribution in [2.75, 3.05) is 13.1 Å². The highest BCUT2D eigenvalue weighted by Gasteiger charge is 2.27. The molecule has 0 unspecified atom stereocenters. The summed E-state index contributed by atoms with van der Waals surface area (Å²) in [4.78, 5) is 29.3. The predicted molar refractivity (Wildman–Crippen MR) is 94.3 cm³/mol. The summed E-state index contributed by atoms with van der Waals surface area (Å²) in [6.07, 6.45) is 8.06. The maximum absolute atomic E-state index is 12.4. The second-order valence-corrected chi connectivity index (χ2v) is 6.41. The third-order valence-corrected chi connectivity index (χ3v) is 4.42. The Hall–Kier alpha value is -1.85. The summed E-state index contributed by atoms with van der Waals surface area (Å²) in [5, 5.41) is 5.85. The number of fused-ring (bicyclic) bond motifs is 1. The first kappa shape index (κ1) is 18.5. The number of nitrogens with zero attached hydrogens (tertiary/aromatic N) is 2. The van der Waals surface area contributed by atoms with E-state index in [0.29, 0.717) is 24.6 Å².